The van der Waals surface area contributed by atoms with Gasteiger partial charge in [0.2, 0.25) is 0 Å². The first-order valence-corrected chi connectivity index (χ1v) is 5.58. The molecule has 0 radical (unpaired) electrons. The predicted octanol–water partition coefficient (Wildman–Crippen LogP) is 1.95. The fourth-order valence-electron chi connectivity index (χ4n) is 0.947. The van der Waals surface area contributed by atoms with Gasteiger partial charge in [0.25, 0.3) is 0 Å². The lowest BCUT2D eigenvalue weighted by atomic mass is 10.4. The molecule has 13 heavy (non-hydrogen) atoms. The summed E-state index contributed by atoms with van der Waals surface area (Å²) in [6.07, 6.45) is 1.59. The van der Waals surface area contributed by atoms with Gasteiger partial charge in [-0.05, 0) is 12.7 Å². The number of nitrogens with zero attached hydrogens (tertiary/aromatic N) is 2. The topological polar surface area (TPSA) is 37.8 Å². The van der Waals surface area contributed by atoms with Gasteiger partial charge in [-0.1, -0.05) is 6.92 Å². The molecule has 0 amide bonds. The van der Waals surface area contributed by atoms with Crippen LogP contribution in [-0.2, 0) is 0 Å². The second kappa shape index (κ2) is 5.80. The highest BCUT2D eigenvalue weighted by Crippen LogP contribution is 2.03. The van der Waals surface area contributed by atoms with Gasteiger partial charge in [0, 0.05) is 24.1 Å². The van der Waals surface area contributed by atoms with E-state index in [-0.39, 0.29) is 0 Å². The average Bonchev–Trinajstić information content (AvgIpc) is 2.13. The summed E-state index contributed by atoms with van der Waals surface area (Å²) in [7, 11) is 0. The highest BCUT2D eigenvalue weighted by atomic mass is 32.2. The van der Waals surface area contributed by atoms with Crippen LogP contribution in [0.4, 0.5) is 5.82 Å². The van der Waals surface area contributed by atoms with Crippen LogP contribution in [-0.4, -0.2) is 28.0 Å². The van der Waals surface area contributed by atoms with Crippen molar-refractivity contribution in [2.75, 3.05) is 23.4 Å². The number of aromatic nitrogens is 2. The molecule has 1 N–H and O–H groups in total. The van der Waals surface area contributed by atoms with Crippen LogP contribution >= 0.6 is 11.8 Å². The number of nitrogens with one attached hydrogen (secondary N) is 1. The molecular formula is C9H15N3S. The van der Waals surface area contributed by atoms with Gasteiger partial charge in [-0.2, -0.15) is 11.8 Å². The van der Waals surface area contributed by atoms with Gasteiger partial charge in [0.15, 0.2) is 0 Å². The fourth-order valence-corrected chi connectivity index (χ4v) is 1.48. The number of aryl methyl sites for hydroxylation is 1. The Bertz CT molecular complexity index is 252. The van der Waals surface area contributed by atoms with Crippen molar-refractivity contribution >= 4 is 17.6 Å². The Balaban J connectivity index is 2.28. The quantitative estimate of drug-likeness (QED) is 0.732. The zero-order valence-corrected chi connectivity index (χ0v) is 8.90. The molecule has 72 valence electrons. The molecule has 0 aliphatic rings. The van der Waals surface area contributed by atoms with E-state index >= 15 is 0 Å². The van der Waals surface area contributed by atoms with Crippen LogP contribution in [0.1, 0.15) is 12.6 Å². The van der Waals surface area contributed by atoms with E-state index in [9.17, 15) is 0 Å². The standard InChI is InChI=1S/C9H15N3S/c1-3-13-5-4-10-9-6-8(2)11-7-12-9/h6-7H,3-5H2,1-2H3,(H,10,11,12). The molecule has 0 fully saturated rings. The van der Waals surface area contributed by atoms with Gasteiger partial charge < -0.3 is 5.32 Å². The third-order valence-electron chi connectivity index (χ3n) is 1.56. The Labute approximate surface area is 83.4 Å². The third kappa shape index (κ3) is 4.12. The van der Waals surface area contributed by atoms with E-state index in [1.165, 1.54) is 5.75 Å². The SMILES string of the molecule is CCSCCNc1cc(C)ncn1. The van der Waals surface area contributed by atoms with Crippen LogP contribution in [0, 0.1) is 6.92 Å². The summed E-state index contributed by atoms with van der Waals surface area (Å²) in [6, 6.07) is 1.95. The number of anilines is 1. The predicted molar refractivity (Wildman–Crippen MR) is 58.3 cm³/mol. The maximum Gasteiger partial charge on any atom is 0.129 e. The summed E-state index contributed by atoms with van der Waals surface area (Å²) in [5, 5.41) is 3.25. The van der Waals surface area contributed by atoms with E-state index < -0.39 is 0 Å². The molecule has 0 saturated carbocycles. The second-order valence-corrected chi connectivity index (χ2v) is 4.06. The molecule has 1 heterocycles. The first kappa shape index (κ1) is 10.3. The number of rotatable bonds is 5. The van der Waals surface area contributed by atoms with Crippen LogP contribution < -0.4 is 5.32 Å². The number of hydrogen-bond donors (Lipinski definition) is 1. The van der Waals surface area contributed by atoms with Gasteiger partial charge in [-0.3, -0.25) is 0 Å². The van der Waals surface area contributed by atoms with Crippen LogP contribution in [0.25, 0.3) is 0 Å². The van der Waals surface area contributed by atoms with E-state index in [4.69, 9.17) is 0 Å². The van der Waals surface area contributed by atoms with Gasteiger partial charge in [-0.15, -0.1) is 0 Å². The van der Waals surface area contributed by atoms with Gasteiger partial charge >= 0.3 is 0 Å². The lowest BCUT2D eigenvalue weighted by Gasteiger charge is -2.04. The van der Waals surface area contributed by atoms with Crippen molar-refractivity contribution < 1.29 is 0 Å². The molecule has 1 aromatic rings. The molecule has 0 aromatic carbocycles. The maximum atomic E-state index is 4.11. The van der Waals surface area contributed by atoms with E-state index in [2.05, 4.69) is 22.2 Å². The van der Waals surface area contributed by atoms with Crippen LogP contribution in [0.15, 0.2) is 12.4 Å². The zero-order valence-electron chi connectivity index (χ0n) is 8.08. The molecule has 1 aromatic heterocycles. The molecule has 3 nitrogen and oxygen atoms in total. The summed E-state index contributed by atoms with van der Waals surface area (Å²) >= 11 is 1.93. The first-order chi connectivity index (χ1) is 6.33. The molecule has 1 rings (SSSR count). The van der Waals surface area contributed by atoms with Gasteiger partial charge in [-0.25, -0.2) is 9.97 Å². The van der Waals surface area contributed by atoms with Crippen LogP contribution in [0.3, 0.4) is 0 Å². The molecule has 0 aliphatic carbocycles. The summed E-state index contributed by atoms with van der Waals surface area (Å²) in [6.45, 7) is 5.10. The second-order valence-electron chi connectivity index (χ2n) is 2.67. The lowest BCUT2D eigenvalue weighted by molar-refractivity contribution is 1.07. The Morgan fingerprint density at radius 3 is 3.00 bits per heavy atom. The Kier molecular flexibility index (Phi) is 4.60. The van der Waals surface area contributed by atoms with E-state index in [1.807, 2.05) is 24.8 Å². The molecule has 4 heteroatoms. The van der Waals surface area contributed by atoms with E-state index in [1.54, 1.807) is 6.33 Å². The first-order valence-electron chi connectivity index (χ1n) is 4.43. The van der Waals surface area contributed by atoms with Crippen LogP contribution in [0.5, 0.6) is 0 Å². The van der Waals surface area contributed by atoms with Crippen LogP contribution in [0.2, 0.25) is 0 Å². The van der Waals surface area contributed by atoms with Crippen molar-refractivity contribution in [3.05, 3.63) is 18.1 Å². The normalized spacial score (nSPS) is 10.0. The van der Waals surface area contributed by atoms with E-state index in [0.29, 0.717) is 0 Å². The van der Waals surface area contributed by atoms with Gasteiger partial charge in [0.1, 0.15) is 12.1 Å². The number of hydrogen-bond acceptors (Lipinski definition) is 4. The minimum Gasteiger partial charge on any atom is -0.369 e. The van der Waals surface area contributed by atoms with Gasteiger partial charge in [0.05, 0.1) is 0 Å². The molecule has 0 saturated heterocycles. The smallest absolute Gasteiger partial charge is 0.129 e. The average molecular weight is 197 g/mol. The summed E-state index contributed by atoms with van der Waals surface area (Å²) in [5.41, 5.74) is 1.00. The third-order valence-corrected chi connectivity index (χ3v) is 2.46. The minimum atomic E-state index is 0.921. The monoisotopic (exact) mass is 197 g/mol. The summed E-state index contributed by atoms with van der Waals surface area (Å²) in [5.74, 6) is 3.22. The van der Waals surface area contributed by atoms with Crippen molar-refractivity contribution in [3.63, 3.8) is 0 Å². The van der Waals surface area contributed by atoms with Crippen molar-refractivity contribution in [2.45, 2.75) is 13.8 Å². The van der Waals surface area contributed by atoms with E-state index in [0.717, 1.165) is 23.8 Å². The molecule has 0 spiro atoms. The molecule has 0 bridgehead atoms. The molecular weight excluding hydrogens is 182 g/mol. The largest absolute Gasteiger partial charge is 0.369 e. The zero-order chi connectivity index (χ0) is 9.52. The Hall–Kier alpha value is -0.770. The highest BCUT2D eigenvalue weighted by Gasteiger charge is 1.93. The van der Waals surface area contributed by atoms with Crippen molar-refractivity contribution in [3.8, 4) is 0 Å². The fraction of sp³-hybridized carbons (Fsp3) is 0.556. The molecule has 0 unspecified atom stereocenters. The summed E-state index contributed by atoms with van der Waals surface area (Å²) in [4.78, 5) is 8.13. The highest BCUT2D eigenvalue weighted by molar-refractivity contribution is 7.99. The molecule has 0 aliphatic heterocycles. The molecule has 0 atom stereocenters. The number of thioether (sulfide) groups is 1. The Morgan fingerprint density at radius 2 is 2.31 bits per heavy atom. The minimum absolute atomic E-state index is 0.921. The van der Waals surface area contributed by atoms with Crippen molar-refractivity contribution in [1.29, 1.82) is 0 Å². The van der Waals surface area contributed by atoms with Crippen molar-refractivity contribution in [2.24, 2.45) is 0 Å². The van der Waals surface area contributed by atoms with Crippen molar-refractivity contribution in [1.82, 2.24) is 9.97 Å². The lowest BCUT2D eigenvalue weighted by Crippen LogP contribution is -2.06. The summed E-state index contributed by atoms with van der Waals surface area (Å²) < 4.78 is 0. The Morgan fingerprint density at radius 1 is 1.46 bits per heavy atom. The maximum absolute atomic E-state index is 4.11.